The SMILES string of the molecule is Cc1cc(N)c(CC#N)cc1C#N. The molecule has 0 aromatic heterocycles. The third-order valence-corrected chi connectivity index (χ3v) is 1.88. The lowest BCUT2D eigenvalue weighted by Crippen LogP contribution is -1.96. The van der Waals surface area contributed by atoms with Crippen molar-refractivity contribution in [3.8, 4) is 12.1 Å². The molecule has 13 heavy (non-hydrogen) atoms. The van der Waals surface area contributed by atoms with Crippen LogP contribution < -0.4 is 5.73 Å². The molecule has 0 saturated carbocycles. The largest absolute Gasteiger partial charge is 0.398 e. The van der Waals surface area contributed by atoms with Crippen LogP contribution in [0, 0.1) is 29.6 Å². The Kier molecular flexibility index (Phi) is 2.52. The summed E-state index contributed by atoms with van der Waals surface area (Å²) in [6.07, 6.45) is 0.251. The third-order valence-electron chi connectivity index (χ3n) is 1.88. The summed E-state index contributed by atoms with van der Waals surface area (Å²) in [6, 6.07) is 7.46. The monoisotopic (exact) mass is 171 g/mol. The Morgan fingerprint density at radius 3 is 2.62 bits per heavy atom. The van der Waals surface area contributed by atoms with E-state index in [1.807, 2.05) is 13.0 Å². The average Bonchev–Trinajstić information content (AvgIpc) is 2.10. The van der Waals surface area contributed by atoms with Gasteiger partial charge in [0, 0.05) is 5.69 Å². The first-order chi connectivity index (χ1) is 6.19. The number of rotatable bonds is 1. The van der Waals surface area contributed by atoms with E-state index < -0.39 is 0 Å². The van der Waals surface area contributed by atoms with Gasteiger partial charge in [-0.25, -0.2) is 0 Å². The molecule has 0 radical (unpaired) electrons. The van der Waals surface area contributed by atoms with Gasteiger partial charge in [0.15, 0.2) is 0 Å². The fraction of sp³-hybridized carbons (Fsp3) is 0.200. The molecule has 0 unspecified atom stereocenters. The van der Waals surface area contributed by atoms with Crippen molar-refractivity contribution >= 4 is 5.69 Å². The van der Waals surface area contributed by atoms with Gasteiger partial charge in [0.1, 0.15) is 0 Å². The minimum Gasteiger partial charge on any atom is -0.398 e. The van der Waals surface area contributed by atoms with E-state index in [4.69, 9.17) is 16.3 Å². The maximum absolute atomic E-state index is 8.73. The van der Waals surface area contributed by atoms with E-state index in [-0.39, 0.29) is 6.42 Å². The van der Waals surface area contributed by atoms with Gasteiger partial charge in [-0.1, -0.05) is 0 Å². The lowest BCUT2D eigenvalue weighted by atomic mass is 10.0. The number of hydrogen-bond donors (Lipinski definition) is 1. The van der Waals surface area contributed by atoms with Crippen LogP contribution in [0.1, 0.15) is 16.7 Å². The Morgan fingerprint density at radius 1 is 1.38 bits per heavy atom. The van der Waals surface area contributed by atoms with E-state index in [1.54, 1.807) is 12.1 Å². The van der Waals surface area contributed by atoms with Crippen LogP contribution in [0.2, 0.25) is 0 Å². The Balaban J connectivity index is 3.26. The highest BCUT2D eigenvalue weighted by Gasteiger charge is 2.03. The van der Waals surface area contributed by atoms with Gasteiger partial charge in [-0.05, 0) is 30.2 Å². The van der Waals surface area contributed by atoms with Gasteiger partial charge < -0.3 is 5.73 Å². The Labute approximate surface area is 77.0 Å². The lowest BCUT2D eigenvalue weighted by Gasteiger charge is -2.04. The summed E-state index contributed by atoms with van der Waals surface area (Å²) in [5.41, 5.74) is 8.41. The number of aryl methyl sites for hydroxylation is 1. The van der Waals surface area contributed by atoms with E-state index in [2.05, 4.69) is 6.07 Å². The molecule has 0 aliphatic heterocycles. The molecule has 0 heterocycles. The number of nitrogens with zero attached hydrogens (tertiary/aromatic N) is 2. The van der Waals surface area contributed by atoms with Crippen molar-refractivity contribution in [2.24, 2.45) is 0 Å². The topological polar surface area (TPSA) is 73.6 Å². The van der Waals surface area contributed by atoms with E-state index in [1.165, 1.54) is 0 Å². The molecule has 0 bridgehead atoms. The molecule has 0 aliphatic rings. The fourth-order valence-electron chi connectivity index (χ4n) is 1.13. The minimum atomic E-state index is 0.251. The van der Waals surface area contributed by atoms with Crippen LogP contribution in [0.5, 0.6) is 0 Å². The molecule has 0 fully saturated rings. The van der Waals surface area contributed by atoms with E-state index in [0.29, 0.717) is 11.3 Å². The number of benzene rings is 1. The molecule has 64 valence electrons. The molecule has 3 heteroatoms. The molecule has 2 N–H and O–H groups in total. The first-order valence-electron chi connectivity index (χ1n) is 3.85. The third kappa shape index (κ3) is 1.77. The van der Waals surface area contributed by atoms with Gasteiger partial charge in [-0.2, -0.15) is 10.5 Å². The average molecular weight is 171 g/mol. The van der Waals surface area contributed by atoms with Crippen molar-refractivity contribution in [2.45, 2.75) is 13.3 Å². The molecule has 1 rings (SSSR count). The second-order valence-electron chi connectivity index (χ2n) is 2.81. The summed E-state index contributed by atoms with van der Waals surface area (Å²) in [5, 5.41) is 17.2. The zero-order valence-corrected chi connectivity index (χ0v) is 7.33. The van der Waals surface area contributed by atoms with E-state index >= 15 is 0 Å². The van der Waals surface area contributed by atoms with Crippen molar-refractivity contribution in [2.75, 3.05) is 5.73 Å². The summed E-state index contributed by atoms with van der Waals surface area (Å²) >= 11 is 0. The van der Waals surface area contributed by atoms with Crippen LogP contribution in [0.15, 0.2) is 12.1 Å². The molecule has 0 amide bonds. The van der Waals surface area contributed by atoms with Crippen molar-refractivity contribution < 1.29 is 0 Å². The minimum absolute atomic E-state index is 0.251. The second kappa shape index (κ2) is 3.60. The highest BCUT2D eigenvalue weighted by molar-refractivity contribution is 5.55. The molecular formula is C10H9N3. The standard InChI is InChI=1S/C10H9N3/c1-7-4-10(13)8(2-3-11)5-9(7)6-12/h4-5H,2,13H2,1H3. The van der Waals surface area contributed by atoms with Crippen LogP contribution in [-0.4, -0.2) is 0 Å². The summed E-state index contributed by atoms with van der Waals surface area (Å²) in [6.45, 7) is 1.82. The number of hydrogen-bond acceptors (Lipinski definition) is 3. The van der Waals surface area contributed by atoms with Crippen molar-refractivity contribution in [1.82, 2.24) is 0 Å². The zero-order valence-electron chi connectivity index (χ0n) is 7.33. The summed E-state index contributed by atoms with van der Waals surface area (Å²) in [4.78, 5) is 0. The molecule has 3 nitrogen and oxygen atoms in total. The number of nitriles is 2. The van der Waals surface area contributed by atoms with Gasteiger partial charge in [-0.3, -0.25) is 0 Å². The number of nitrogens with two attached hydrogens (primary N) is 1. The van der Waals surface area contributed by atoms with Crippen molar-refractivity contribution in [1.29, 1.82) is 10.5 Å². The van der Waals surface area contributed by atoms with Gasteiger partial charge in [0.05, 0.1) is 24.1 Å². The van der Waals surface area contributed by atoms with Gasteiger partial charge in [0.25, 0.3) is 0 Å². The maximum Gasteiger partial charge on any atom is 0.0994 e. The molecule has 0 atom stereocenters. The highest BCUT2D eigenvalue weighted by atomic mass is 14.6. The van der Waals surface area contributed by atoms with Crippen LogP contribution in [0.25, 0.3) is 0 Å². The Bertz CT molecular complexity index is 407. The first kappa shape index (κ1) is 9.09. The summed E-state index contributed by atoms with van der Waals surface area (Å²) in [5.74, 6) is 0. The Morgan fingerprint density at radius 2 is 2.08 bits per heavy atom. The molecular weight excluding hydrogens is 162 g/mol. The van der Waals surface area contributed by atoms with Crippen molar-refractivity contribution in [3.63, 3.8) is 0 Å². The summed E-state index contributed by atoms with van der Waals surface area (Å²) < 4.78 is 0. The predicted octanol–water partition coefficient (Wildman–Crippen LogP) is 1.51. The van der Waals surface area contributed by atoms with Crippen LogP contribution in [0.3, 0.4) is 0 Å². The van der Waals surface area contributed by atoms with Crippen LogP contribution in [-0.2, 0) is 6.42 Å². The van der Waals surface area contributed by atoms with Crippen molar-refractivity contribution in [3.05, 3.63) is 28.8 Å². The molecule has 1 aromatic rings. The smallest absolute Gasteiger partial charge is 0.0994 e. The molecule has 1 aromatic carbocycles. The zero-order chi connectivity index (χ0) is 9.84. The highest BCUT2D eigenvalue weighted by Crippen LogP contribution is 2.18. The maximum atomic E-state index is 8.73. The lowest BCUT2D eigenvalue weighted by molar-refractivity contribution is 1.24. The molecule has 0 spiro atoms. The fourth-order valence-corrected chi connectivity index (χ4v) is 1.13. The summed E-state index contributed by atoms with van der Waals surface area (Å²) in [7, 11) is 0. The predicted molar refractivity (Wildman–Crippen MR) is 49.6 cm³/mol. The van der Waals surface area contributed by atoms with Gasteiger partial charge >= 0.3 is 0 Å². The number of nitrogen functional groups attached to an aromatic ring is 1. The second-order valence-corrected chi connectivity index (χ2v) is 2.81. The Hall–Kier alpha value is -2.00. The van der Waals surface area contributed by atoms with E-state index in [0.717, 1.165) is 11.1 Å². The quantitative estimate of drug-likeness (QED) is 0.651. The van der Waals surface area contributed by atoms with E-state index in [9.17, 15) is 0 Å². The van der Waals surface area contributed by atoms with Gasteiger partial charge in [0.2, 0.25) is 0 Å². The van der Waals surface area contributed by atoms with Crippen LogP contribution in [0.4, 0.5) is 5.69 Å². The first-order valence-corrected chi connectivity index (χ1v) is 3.85. The molecule has 0 aliphatic carbocycles. The normalized spacial score (nSPS) is 8.85. The number of anilines is 1. The van der Waals surface area contributed by atoms with Crippen LogP contribution >= 0.6 is 0 Å². The van der Waals surface area contributed by atoms with Gasteiger partial charge in [-0.15, -0.1) is 0 Å². The molecule has 0 saturated heterocycles.